The maximum absolute atomic E-state index is 10.5. The van der Waals surface area contributed by atoms with Crippen molar-refractivity contribution >= 4 is 5.97 Å². The van der Waals surface area contributed by atoms with Gasteiger partial charge in [-0.2, -0.15) is 0 Å². The number of unbranched alkanes of at least 4 members (excludes halogenated alkanes) is 1. The average molecular weight is 143 g/mol. The molecule has 1 atom stereocenters. The molecule has 0 aromatic carbocycles. The van der Waals surface area contributed by atoms with Gasteiger partial charge in [-0.1, -0.05) is 13.3 Å². The van der Waals surface area contributed by atoms with Crippen LogP contribution in [0.4, 0.5) is 0 Å². The number of rotatable bonds is 3. The molecule has 0 aromatic heterocycles. The lowest BCUT2D eigenvalue weighted by Crippen LogP contribution is -2.21. The van der Waals surface area contributed by atoms with Gasteiger partial charge in [-0.05, 0) is 12.8 Å². The Morgan fingerprint density at radius 2 is 2.60 bits per heavy atom. The molecular weight excluding hydrogens is 130 g/mol. The fraction of sp³-hybridized carbons (Fsp3) is 0.857. The first-order valence-electron chi connectivity index (χ1n) is 3.76. The first kappa shape index (κ1) is 7.54. The summed E-state index contributed by atoms with van der Waals surface area (Å²) in [6.07, 6.45) is 3.20. The molecule has 0 amide bonds. The van der Waals surface area contributed by atoms with Crippen LogP contribution in [-0.2, 0) is 9.53 Å². The number of cyclic esters (lactones) is 1. The van der Waals surface area contributed by atoms with E-state index in [9.17, 15) is 4.79 Å². The Labute approximate surface area is 60.7 Å². The van der Waals surface area contributed by atoms with Crippen LogP contribution in [0.5, 0.6) is 0 Å². The van der Waals surface area contributed by atoms with Gasteiger partial charge in [0.25, 0.3) is 0 Å². The third-order valence-electron chi connectivity index (χ3n) is 1.57. The molecule has 3 nitrogen and oxygen atoms in total. The summed E-state index contributed by atoms with van der Waals surface area (Å²) < 4.78 is 4.91. The summed E-state index contributed by atoms with van der Waals surface area (Å²) in [4.78, 5) is 10.5. The predicted octanol–water partition coefficient (Wildman–Crippen LogP) is 0.649. The largest absolute Gasteiger partial charge is 0.446 e. The highest BCUT2D eigenvalue weighted by Crippen LogP contribution is 2.05. The smallest absolute Gasteiger partial charge is 0.321 e. The predicted molar refractivity (Wildman–Crippen MR) is 37.4 cm³/mol. The average Bonchev–Trinajstić information content (AvgIpc) is 2.31. The highest BCUT2D eigenvalue weighted by Gasteiger charge is 2.20. The second-order valence-electron chi connectivity index (χ2n) is 2.50. The molecule has 58 valence electrons. The normalized spacial score (nSPS) is 24.9. The first-order valence-corrected chi connectivity index (χ1v) is 3.76. The molecule has 1 aliphatic rings. The van der Waals surface area contributed by atoms with E-state index in [1.807, 2.05) is 0 Å². The van der Waals surface area contributed by atoms with Crippen molar-refractivity contribution in [3.05, 3.63) is 0 Å². The van der Waals surface area contributed by atoms with E-state index >= 15 is 0 Å². The molecular formula is C7H13NO2. The first-order chi connectivity index (χ1) is 4.83. The molecule has 1 aliphatic heterocycles. The summed E-state index contributed by atoms with van der Waals surface area (Å²) in [5.41, 5.74) is 0. The Hall–Kier alpha value is -0.570. The van der Waals surface area contributed by atoms with Gasteiger partial charge in [0, 0.05) is 0 Å². The Kier molecular flexibility index (Phi) is 2.68. The van der Waals surface area contributed by atoms with Gasteiger partial charge in [0.05, 0.1) is 6.54 Å². The van der Waals surface area contributed by atoms with Crippen molar-refractivity contribution in [3.8, 4) is 0 Å². The lowest BCUT2D eigenvalue weighted by molar-refractivity contribution is -0.140. The quantitative estimate of drug-likeness (QED) is 0.589. The molecule has 0 aliphatic carbocycles. The molecule has 10 heavy (non-hydrogen) atoms. The minimum absolute atomic E-state index is 0.00699. The van der Waals surface area contributed by atoms with E-state index in [0.717, 1.165) is 19.3 Å². The van der Waals surface area contributed by atoms with E-state index in [1.54, 1.807) is 0 Å². The molecule has 1 saturated heterocycles. The Bertz CT molecular complexity index is 125. The second kappa shape index (κ2) is 3.56. The molecule has 0 spiro atoms. The van der Waals surface area contributed by atoms with Gasteiger partial charge in [0.1, 0.15) is 0 Å². The molecule has 1 heterocycles. The van der Waals surface area contributed by atoms with Crippen molar-refractivity contribution in [2.24, 2.45) is 0 Å². The lowest BCUT2D eigenvalue weighted by Gasteiger charge is -2.06. The maximum atomic E-state index is 10.5. The van der Waals surface area contributed by atoms with Crippen molar-refractivity contribution in [1.29, 1.82) is 0 Å². The molecule has 0 radical (unpaired) electrons. The highest BCUT2D eigenvalue weighted by atomic mass is 16.6. The Balaban J connectivity index is 2.12. The fourth-order valence-electron chi connectivity index (χ4n) is 0.990. The van der Waals surface area contributed by atoms with Crippen molar-refractivity contribution < 1.29 is 9.53 Å². The van der Waals surface area contributed by atoms with Crippen molar-refractivity contribution in [3.63, 3.8) is 0 Å². The molecule has 0 bridgehead atoms. The van der Waals surface area contributed by atoms with Gasteiger partial charge in [-0.15, -0.1) is 0 Å². The molecule has 0 aromatic rings. The summed E-state index contributed by atoms with van der Waals surface area (Å²) >= 11 is 0. The maximum Gasteiger partial charge on any atom is 0.321 e. The lowest BCUT2D eigenvalue weighted by atomic mass is 10.2. The SMILES string of the molecule is CCCCC1NCC(=O)O1. The number of carbonyl (C=O) groups excluding carboxylic acids is 1. The van der Waals surface area contributed by atoms with Gasteiger partial charge >= 0.3 is 5.97 Å². The van der Waals surface area contributed by atoms with Gasteiger partial charge in [0.15, 0.2) is 6.23 Å². The summed E-state index contributed by atoms with van der Waals surface area (Å²) in [5.74, 6) is -0.124. The number of nitrogens with one attached hydrogen (secondary N) is 1. The number of ether oxygens (including phenoxy) is 1. The van der Waals surface area contributed by atoms with Crippen LogP contribution in [0.25, 0.3) is 0 Å². The number of hydrogen-bond donors (Lipinski definition) is 1. The zero-order valence-corrected chi connectivity index (χ0v) is 6.22. The van der Waals surface area contributed by atoms with Gasteiger partial charge < -0.3 is 4.74 Å². The standard InChI is InChI=1S/C7H13NO2/c1-2-3-4-6-8-5-7(9)10-6/h6,8H,2-5H2,1H3. The van der Waals surface area contributed by atoms with Crippen LogP contribution in [-0.4, -0.2) is 18.7 Å². The molecule has 1 fully saturated rings. The van der Waals surface area contributed by atoms with E-state index in [2.05, 4.69) is 12.2 Å². The van der Waals surface area contributed by atoms with Crippen LogP contribution >= 0.6 is 0 Å². The third-order valence-corrected chi connectivity index (χ3v) is 1.57. The van der Waals surface area contributed by atoms with Crippen LogP contribution in [0, 0.1) is 0 Å². The third kappa shape index (κ3) is 1.99. The van der Waals surface area contributed by atoms with Gasteiger partial charge in [0.2, 0.25) is 0 Å². The van der Waals surface area contributed by atoms with Gasteiger partial charge in [-0.3, -0.25) is 10.1 Å². The summed E-state index contributed by atoms with van der Waals surface area (Å²) in [5, 5.41) is 2.97. The zero-order chi connectivity index (χ0) is 7.40. The molecule has 1 unspecified atom stereocenters. The number of carbonyl (C=O) groups is 1. The van der Waals surface area contributed by atoms with Crippen molar-refractivity contribution in [1.82, 2.24) is 5.32 Å². The summed E-state index contributed by atoms with van der Waals surface area (Å²) in [7, 11) is 0. The molecule has 3 heteroatoms. The fourth-order valence-corrected chi connectivity index (χ4v) is 0.990. The van der Waals surface area contributed by atoms with Crippen LogP contribution in [0.1, 0.15) is 26.2 Å². The highest BCUT2D eigenvalue weighted by molar-refractivity contribution is 5.73. The van der Waals surface area contributed by atoms with Gasteiger partial charge in [-0.25, -0.2) is 0 Å². The summed E-state index contributed by atoms with van der Waals surface area (Å²) in [6.45, 7) is 2.51. The van der Waals surface area contributed by atoms with Crippen LogP contribution in [0.3, 0.4) is 0 Å². The molecule has 1 N–H and O–H groups in total. The van der Waals surface area contributed by atoms with Crippen LogP contribution < -0.4 is 5.32 Å². The second-order valence-corrected chi connectivity index (χ2v) is 2.50. The zero-order valence-electron chi connectivity index (χ0n) is 6.22. The van der Waals surface area contributed by atoms with Crippen molar-refractivity contribution in [2.75, 3.05) is 6.54 Å². The monoisotopic (exact) mass is 143 g/mol. The van der Waals surface area contributed by atoms with Crippen molar-refractivity contribution in [2.45, 2.75) is 32.4 Å². The summed E-state index contributed by atoms with van der Waals surface area (Å²) in [6, 6.07) is 0. The minimum atomic E-state index is -0.124. The van der Waals surface area contributed by atoms with E-state index < -0.39 is 0 Å². The van der Waals surface area contributed by atoms with E-state index in [1.165, 1.54) is 0 Å². The van der Waals surface area contributed by atoms with E-state index in [0.29, 0.717) is 6.54 Å². The van der Waals surface area contributed by atoms with Crippen LogP contribution in [0.15, 0.2) is 0 Å². The van der Waals surface area contributed by atoms with E-state index in [4.69, 9.17) is 4.74 Å². The number of esters is 1. The number of hydrogen-bond acceptors (Lipinski definition) is 3. The Morgan fingerprint density at radius 1 is 1.80 bits per heavy atom. The molecule has 0 saturated carbocycles. The topological polar surface area (TPSA) is 38.3 Å². The molecule has 1 rings (SSSR count). The van der Waals surface area contributed by atoms with Crippen LogP contribution in [0.2, 0.25) is 0 Å². The Morgan fingerprint density at radius 3 is 3.10 bits per heavy atom. The minimum Gasteiger partial charge on any atom is -0.446 e. The van der Waals surface area contributed by atoms with E-state index in [-0.39, 0.29) is 12.2 Å².